The van der Waals surface area contributed by atoms with Crippen molar-refractivity contribution in [1.82, 2.24) is 4.90 Å². The van der Waals surface area contributed by atoms with E-state index in [1.54, 1.807) is 0 Å². The number of nitrogens with zero attached hydrogens (tertiary/aromatic N) is 1. The molecule has 0 saturated carbocycles. The highest BCUT2D eigenvalue weighted by atomic mass is 15.2. The first kappa shape index (κ1) is 11.7. The van der Waals surface area contributed by atoms with Crippen molar-refractivity contribution in [3.63, 3.8) is 0 Å². The second-order valence-corrected chi connectivity index (χ2v) is 3.39. The van der Waals surface area contributed by atoms with Crippen LogP contribution in [0.5, 0.6) is 0 Å². The average molecular weight is 202 g/mol. The highest BCUT2D eigenvalue weighted by Crippen LogP contribution is 2.14. The van der Waals surface area contributed by atoms with Crippen LogP contribution in [0.3, 0.4) is 0 Å². The number of rotatable bonds is 6. The molecule has 1 aromatic carbocycles. The zero-order chi connectivity index (χ0) is 11.1. The van der Waals surface area contributed by atoms with Crippen LogP contribution in [-0.4, -0.2) is 18.0 Å². The maximum Gasteiger partial charge on any atom is 0.0840 e. The van der Waals surface area contributed by atoms with Gasteiger partial charge in [-0.1, -0.05) is 42.5 Å². The Kier molecular flexibility index (Phi) is 4.81. The molecule has 15 heavy (non-hydrogen) atoms. The fourth-order valence-corrected chi connectivity index (χ4v) is 1.49. The predicted molar refractivity (Wildman–Crippen MR) is 65.3 cm³/mol. The molecule has 0 amide bonds. The minimum absolute atomic E-state index is 0.0952. The molecule has 0 bridgehead atoms. The molecule has 1 unspecified atom stereocenters. The molecule has 1 rings (SSSR count). The molecular weight excluding hydrogens is 184 g/mol. The largest absolute Gasteiger partial charge is 0.312 e. The molecule has 0 radical (unpaired) electrons. The zero-order valence-electron chi connectivity index (χ0n) is 8.97. The van der Waals surface area contributed by atoms with Gasteiger partial charge in [-0.15, -0.1) is 13.2 Å². The van der Waals surface area contributed by atoms with E-state index >= 15 is 0 Å². The van der Waals surface area contributed by atoms with Crippen LogP contribution in [0.2, 0.25) is 0 Å². The third-order valence-electron chi connectivity index (χ3n) is 2.26. The fourth-order valence-electron chi connectivity index (χ4n) is 1.49. The van der Waals surface area contributed by atoms with Gasteiger partial charge in [0.05, 0.1) is 6.17 Å². The number of nitrogens with two attached hydrogens (primary N) is 1. The van der Waals surface area contributed by atoms with E-state index in [0.717, 1.165) is 18.7 Å². The van der Waals surface area contributed by atoms with Gasteiger partial charge in [-0.2, -0.15) is 0 Å². The molecule has 2 N–H and O–H groups in total. The van der Waals surface area contributed by atoms with Gasteiger partial charge < -0.3 is 5.73 Å². The molecule has 2 heteroatoms. The molecule has 0 aliphatic heterocycles. The zero-order valence-corrected chi connectivity index (χ0v) is 8.97. The van der Waals surface area contributed by atoms with Crippen LogP contribution in [-0.2, 0) is 0 Å². The maximum atomic E-state index is 6.14. The van der Waals surface area contributed by atoms with E-state index in [2.05, 4.69) is 18.1 Å². The number of hydrogen-bond acceptors (Lipinski definition) is 2. The Balaban J connectivity index is 2.75. The van der Waals surface area contributed by atoms with Crippen LogP contribution in [0, 0.1) is 0 Å². The molecule has 0 spiro atoms. The van der Waals surface area contributed by atoms with Gasteiger partial charge in [0, 0.05) is 13.1 Å². The van der Waals surface area contributed by atoms with Crippen molar-refractivity contribution in [1.29, 1.82) is 0 Å². The SMILES string of the molecule is C=CCN(CC=C)C(N)c1ccccc1. The van der Waals surface area contributed by atoms with Crippen molar-refractivity contribution >= 4 is 0 Å². The lowest BCUT2D eigenvalue weighted by Gasteiger charge is -2.26. The second-order valence-electron chi connectivity index (χ2n) is 3.39. The molecule has 0 aliphatic rings. The molecule has 0 saturated heterocycles. The van der Waals surface area contributed by atoms with Gasteiger partial charge >= 0.3 is 0 Å². The lowest BCUT2D eigenvalue weighted by Crippen LogP contribution is -2.34. The van der Waals surface area contributed by atoms with Gasteiger partial charge in [0.2, 0.25) is 0 Å². The standard InChI is InChI=1S/C13H18N2/c1-3-10-15(11-4-2)13(14)12-8-6-5-7-9-12/h3-9,13H,1-2,10-11,14H2. The van der Waals surface area contributed by atoms with E-state index in [9.17, 15) is 0 Å². The van der Waals surface area contributed by atoms with Crippen LogP contribution in [0.15, 0.2) is 55.6 Å². The summed E-state index contributed by atoms with van der Waals surface area (Å²) in [6.07, 6.45) is 3.61. The Morgan fingerprint density at radius 2 is 1.67 bits per heavy atom. The van der Waals surface area contributed by atoms with Crippen LogP contribution in [0.4, 0.5) is 0 Å². The Morgan fingerprint density at radius 3 is 2.13 bits per heavy atom. The van der Waals surface area contributed by atoms with E-state index < -0.39 is 0 Å². The van der Waals surface area contributed by atoms with Crippen LogP contribution >= 0.6 is 0 Å². The van der Waals surface area contributed by atoms with Gasteiger partial charge in [0.1, 0.15) is 0 Å². The van der Waals surface area contributed by atoms with E-state index in [-0.39, 0.29) is 6.17 Å². The minimum atomic E-state index is -0.0952. The average Bonchev–Trinajstić information content (AvgIpc) is 2.29. The van der Waals surface area contributed by atoms with Crippen LogP contribution < -0.4 is 5.73 Å². The fraction of sp³-hybridized carbons (Fsp3) is 0.231. The first-order valence-electron chi connectivity index (χ1n) is 5.06. The normalized spacial score (nSPS) is 12.4. The third kappa shape index (κ3) is 3.35. The molecule has 1 aromatic rings. The summed E-state index contributed by atoms with van der Waals surface area (Å²) in [5.41, 5.74) is 7.25. The topological polar surface area (TPSA) is 29.3 Å². The molecule has 0 aliphatic carbocycles. The summed E-state index contributed by atoms with van der Waals surface area (Å²) in [7, 11) is 0. The van der Waals surface area contributed by atoms with Crippen molar-refractivity contribution in [3.8, 4) is 0 Å². The van der Waals surface area contributed by atoms with E-state index in [1.807, 2.05) is 42.5 Å². The van der Waals surface area contributed by atoms with Crippen LogP contribution in [0.1, 0.15) is 11.7 Å². The van der Waals surface area contributed by atoms with E-state index in [4.69, 9.17) is 5.73 Å². The van der Waals surface area contributed by atoms with Gasteiger partial charge in [-0.05, 0) is 5.56 Å². The Labute approximate surface area is 91.7 Å². The van der Waals surface area contributed by atoms with Crippen molar-refractivity contribution in [2.45, 2.75) is 6.17 Å². The monoisotopic (exact) mass is 202 g/mol. The Hall–Kier alpha value is -1.38. The number of benzene rings is 1. The quantitative estimate of drug-likeness (QED) is 0.566. The summed E-state index contributed by atoms with van der Waals surface area (Å²) in [6, 6.07) is 10.0. The molecular formula is C13H18N2. The number of hydrogen-bond donors (Lipinski definition) is 1. The van der Waals surface area contributed by atoms with Crippen molar-refractivity contribution < 1.29 is 0 Å². The highest BCUT2D eigenvalue weighted by Gasteiger charge is 2.12. The first-order chi connectivity index (χ1) is 7.29. The minimum Gasteiger partial charge on any atom is -0.312 e. The molecule has 2 nitrogen and oxygen atoms in total. The van der Waals surface area contributed by atoms with Crippen molar-refractivity contribution in [3.05, 3.63) is 61.2 Å². The Bertz CT molecular complexity index is 296. The summed E-state index contributed by atoms with van der Waals surface area (Å²) < 4.78 is 0. The summed E-state index contributed by atoms with van der Waals surface area (Å²) in [5.74, 6) is 0. The molecule has 0 heterocycles. The summed E-state index contributed by atoms with van der Waals surface area (Å²) in [6.45, 7) is 8.99. The third-order valence-corrected chi connectivity index (χ3v) is 2.26. The van der Waals surface area contributed by atoms with Gasteiger partial charge in [0.25, 0.3) is 0 Å². The first-order valence-corrected chi connectivity index (χ1v) is 5.06. The maximum absolute atomic E-state index is 6.14. The molecule has 1 atom stereocenters. The summed E-state index contributed by atoms with van der Waals surface area (Å²) in [5, 5.41) is 0. The van der Waals surface area contributed by atoms with Gasteiger partial charge in [-0.3, -0.25) is 4.90 Å². The highest BCUT2D eigenvalue weighted by molar-refractivity contribution is 5.18. The molecule has 0 fully saturated rings. The van der Waals surface area contributed by atoms with Gasteiger partial charge in [-0.25, -0.2) is 0 Å². The van der Waals surface area contributed by atoms with E-state index in [1.165, 1.54) is 0 Å². The lowest BCUT2D eigenvalue weighted by molar-refractivity contribution is 0.249. The smallest absolute Gasteiger partial charge is 0.0840 e. The van der Waals surface area contributed by atoms with Gasteiger partial charge in [0.15, 0.2) is 0 Å². The van der Waals surface area contributed by atoms with Crippen LogP contribution in [0.25, 0.3) is 0 Å². The second kappa shape index (κ2) is 6.17. The predicted octanol–water partition coefficient (Wildman–Crippen LogP) is 2.32. The van der Waals surface area contributed by atoms with Crippen molar-refractivity contribution in [2.75, 3.05) is 13.1 Å². The molecule has 80 valence electrons. The lowest BCUT2D eigenvalue weighted by atomic mass is 10.1. The summed E-state index contributed by atoms with van der Waals surface area (Å²) in [4.78, 5) is 2.11. The van der Waals surface area contributed by atoms with Crippen molar-refractivity contribution in [2.24, 2.45) is 5.73 Å². The summed E-state index contributed by atoms with van der Waals surface area (Å²) >= 11 is 0. The molecule has 0 aromatic heterocycles. The Morgan fingerprint density at radius 1 is 1.13 bits per heavy atom. The van der Waals surface area contributed by atoms with E-state index in [0.29, 0.717) is 0 Å².